The van der Waals surface area contributed by atoms with Gasteiger partial charge < -0.3 is 5.32 Å². The van der Waals surface area contributed by atoms with Crippen molar-refractivity contribution < 1.29 is 0 Å². The summed E-state index contributed by atoms with van der Waals surface area (Å²) in [6, 6.07) is 1.63. The number of hydrogen-bond acceptors (Lipinski definition) is 2. The maximum Gasteiger partial charge on any atom is 0.0193 e. The summed E-state index contributed by atoms with van der Waals surface area (Å²) in [4.78, 5) is 2.76. The molecule has 0 bridgehead atoms. The molecule has 2 rings (SSSR count). The van der Waals surface area contributed by atoms with E-state index in [-0.39, 0.29) is 0 Å². The van der Waals surface area contributed by atoms with Crippen LogP contribution in [0.4, 0.5) is 0 Å². The first kappa shape index (κ1) is 11.4. The van der Waals surface area contributed by atoms with Crippen LogP contribution < -0.4 is 5.32 Å². The predicted octanol–water partition coefficient (Wildman–Crippen LogP) is 2.25. The minimum Gasteiger partial charge on any atom is -0.311 e. The monoisotopic (exact) mass is 210 g/mol. The van der Waals surface area contributed by atoms with Gasteiger partial charge in [0.05, 0.1) is 0 Å². The molecule has 0 radical (unpaired) electrons. The molecule has 2 fully saturated rings. The van der Waals surface area contributed by atoms with Crippen molar-refractivity contribution in [1.29, 1.82) is 0 Å². The first-order chi connectivity index (χ1) is 7.31. The Kier molecular flexibility index (Phi) is 4.04. The van der Waals surface area contributed by atoms with E-state index in [1.54, 1.807) is 0 Å². The van der Waals surface area contributed by atoms with Gasteiger partial charge in [0.15, 0.2) is 0 Å². The van der Waals surface area contributed by atoms with Crippen molar-refractivity contribution in [2.24, 2.45) is 5.92 Å². The molecule has 0 spiro atoms. The van der Waals surface area contributed by atoms with Gasteiger partial charge in [-0.1, -0.05) is 26.7 Å². The number of hydrogen-bond donors (Lipinski definition) is 1. The smallest absolute Gasteiger partial charge is 0.0193 e. The van der Waals surface area contributed by atoms with Crippen LogP contribution in [0.1, 0.15) is 46.0 Å². The van der Waals surface area contributed by atoms with Crippen molar-refractivity contribution in [3.63, 3.8) is 0 Å². The second-order valence-electron chi connectivity index (χ2n) is 5.38. The van der Waals surface area contributed by atoms with Crippen molar-refractivity contribution in [1.82, 2.24) is 10.2 Å². The molecule has 1 saturated heterocycles. The molecular formula is C13H26N2. The number of nitrogens with one attached hydrogen (secondary N) is 1. The van der Waals surface area contributed by atoms with E-state index in [1.165, 1.54) is 51.7 Å². The molecular weight excluding hydrogens is 184 g/mol. The number of piperazine rings is 1. The molecule has 0 aromatic rings. The van der Waals surface area contributed by atoms with Crippen LogP contribution in [-0.4, -0.2) is 36.6 Å². The minimum absolute atomic E-state index is 0.743. The molecule has 3 atom stereocenters. The van der Waals surface area contributed by atoms with Crippen LogP contribution in [0, 0.1) is 5.92 Å². The Bertz CT molecular complexity index is 193. The van der Waals surface area contributed by atoms with Gasteiger partial charge in [-0.15, -0.1) is 0 Å². The normalized spacial score (nSPS) is 39.2. The van der Waals surface area contributed by atoms with Crippen molar-refractivity contribution in [2.45, 2.75) is 58.0 Å². The fourth-order valence-corrected chi connectivity index (χ4v) is 3.27. The van der Waals surface area contributed by atoms with Gasteiger partial charge >= 0.3 is 0 Å². The fraction of sp³-hybridized carbons (Fsp3) is 1.00. The molecule has 0 aromatic heterocycles. The highest BCUT2D eigenvalue weighted by Gasteiger charge is 2.29. The van der Waals surface area contributed by atoms with Gasteiger partial charge in [0.1, 0.15) is 0 Å². The van der Waals surface area contributed by atoms with E-state index in [0.29, 0.717) is 0 Å². The zero-order valence-electron chi connectivity index (χ0n) is 10.3. The summed E-state index contributed by atoms with van der Waals surface area (Å²) >= 11 is 0. The van der Waals surface area contributed by atoms with Gasteiger partial charge in [-0.2, -0.15) is 0 Å². The van der Waals surface area contributed by atoms with Crippen LogP contribution in [0.3, 0.4) is 0 Å². The lowest BCUT2D eigenvalue weighted by molar-refractivity contribution is 0.0803. The third kappa shape index (κ3) is 2.73. The SMILES string of the molecule is CCC1CN(C2CCCCC2C)CCN1. The third-order valence-corrected chi connectivity index (χ3v) is 4.31. The van der Waals surface area contributed by atoms with Gasteiger partial charge in [0.2, 0.25) is 0 Å². The highest BCUT2D eigenvalue weighted by atomic mass is 15.2. The van der Waals surface area contributed by atoms with E-state index >= 15 is 0 Å². The quantitative estimate of drug-likeness (QED) is 0.752. The molecule has 2 nitrogen and oxygen atoms in total. The van der Waals surface area contributed by atoms with Crippen LogP contribution in [0.2, 0.25) is 0 Å². The fourth-order valence-electron chi connectivity index (χ4n) is 3.27. The molecule has 1 heterocycles. The van der Waals surface area contributed by atoms with Crippen LogP contribution in [0.15, 0.2) is 0 Å². The Balaban J connectivity index is 1.90. The summed E-state index contributed by atoms with van der Waals surface area (Å²) in [5, 5.41) is 3.61. The summed E-state index contributed by atoms with van der Waals surface area (Å²) < 4.78 is 0. The van der Waals surface area contributed by atoms with Crippen LogP contribution >= 0.6 is 0 Å². The lowest BCUT2D eigenvalue weighted by Crippen LogP contribution is -2.55. The van der Waals surface area contributed by atoms with E-state index in [2.05, 4.69) is 24.1 Å². The molecule has 1 aliphatic carbocycles. The lowest BCUT2D eigenvalue weighted by atomic mass is 9.84. The van der Waals surface area contributed by atoms with Crippen molar-refractivity contribution in [2.75, 3.05) is 19.6 Å². The largest absolute Gasteiger partial charge is 0.311 e. The second-order valence-corrected chi connectivity index (χ2v) is 5.38. The Morgan fingerprint density at radius 3 is 2.80 bits per heavy atom. The second kappa shape index (κ2) is 5.31. The first-order valence-electron chi connectivity index (χ1n) is 6.78. The summed E-state index contributed by atoms with van der Waals surface area (Å²) in [5.41, 5.74) is 0. The molecule has 15 heavy (non-hydrogen) atoms. The van der Waals surface area contributed by atoms with E-state index < -0.39 is 0 Å². The maximum absolute atomic E-state index is 3.61. The Morgan fingerprint density at radius 2 is 2.07 bits per heavy atom. The van der Waals surface area contributed by atoms with Crippen LogP contribution in [0.5, 0.6) is 0 Å². The van der Waals surface area contributed by atoms with Gasteiger partial charge in [-0.05, 0) is 25.2 Å². The zero-order chi connectivity index (χ0) is 10.7. The number of rotatable bonds is 2. The Hall–Kier alpha value is -0.0800. The third-order valence-electron chi connectivity index (χ3n) is 4.31. The molecule has 0 amide bonds. The molecule has 2 aliphatic rings. The van der Waals surface area contributed by atoms with Gasteiger partial charge in [-0.3, -0.25) is 4.90 Å². The van der Waals surface area contributed by atoms with Crippen molar-refractivity contribution >= 4 is 0 Å². The summed E-state index contributed by atoms with van der Waals surface area (Å²) in [7, 11) is 0. The van der Waals surface area contributed by atoms with Crippen molar-refractivity contribution in [3.05, 3.63) is 0 Å². The maximum atomic E-state index is 3.61. The van der Waals surface area contributed by atoms with Gasteiger partial charge in [-0.25, -0.2) is 0 Å². The highest BCUT2D eigenvalue weighted by molar-refractivity contribution is 4.86. The molecule has 0 aromatic carbocycles. The van der Waals surface area contributed by atoms with Gasteiger partial charge in [0.25, 0.3) is 0 Å². The lowest BCUT2D eigenvalue weighted by Gasteiger charge is -2.43. The Labute approximate surface area is 94.4 Å². The molecule has 1 saturated carbocycles. The average molecular weight is 210 g/mol. The zero-order valence-corrected chi connectivity index (χ0v) is 10.3. The van der Waals surface area contributed by atoms with Crippen molar-refractivity contribution in [3.8, 4) is 0 Å². The molecule has 3 unspecified atom stereocenters. The van der Waals surface area contributed by atoms with E-state index in [9.17, 15) is 0 Å². The molecule has 2 heteroatoms. The molecule has 1 aliphatic heterocycles. The topological polar surface area (TPSA) is 15.3 Å². The predicted molar refractivity (Wildman–Crippen MR) is 65.1 cm³/mol. The number of nitrogens with zero attached hydrogens (tertiary/aromatic N) is 1. The standard InChI is InChI=1S/C13H26N2/c1-3-12-10-15(9-8-14-12)13-7-5-4-6-11(13)2/h11-14H,3-10H2,1-2H3. The molecule has 1 N–H and O–H groups in total. The van der Waals surface area contributed by atoms with Crippen LogP contribution in [-0.2, 0) is 0 Å². The average Bonchev–Trinajstić information content (AvgIpc) is 2.30. The van der Waals surface area contributed by atoms with E-state index in [0.717, 1.165) is 18.0 Å². The summed E-state index contributed by atoms with van der Waals surface area (Å²) in [6.45, 7) is 8.50. The summed E-state index contributed by atoms with van der Waals surface area (Å²) in [6.07, 6.45) is 7.08. The van der Waals surface area contributed by atoms with Crippen LogP contribution in [0.25, 0.3) is 0 Å². The van der Waals surface area contributed by atoms with E-state index in [1.807, 2.05) is 0 Å². The highest BCUT2D eigenvalue weighted by Crippen LogP contribution is 2.28. The van der Waals surface area contributed by atoms with Gasteiger partial charge in [0, 0.05) is 31.7 Å². The minimum atomic E-state index is 0.743. The Morgan fingerprint density at radius 1 is 1.27 bits per heavy atom. The van der Waals surface area contributed by atoms with E-state index in [4.69, 9.17) is 0 Å². The summed E-state index contributed by atoms with van der Waals surface area (Å²) in [5.74, 6) is 0.925. The molecule has 88 valence electrons. The first-order valence-corrected chi connectivity index (χ1v) is 6.78.